The molecule has 1 aromatic heterocycles. The van der Waals surface area contributed by atoms with Gasteiger partial charge < -0.3 is 15.8 Å². The van der Waals surface area contributed by atoms with Crippen LogP contribution >= 0.6 is 0 Å². The molecule has 160 valence electrons. The summed E-state index contributed by atoms with van der Waals surface area (Å²) in [4.78, 5) is 43.2. The van der Waals surface area contributed by atoms with E-state index in [-0.39, 0.29) is 18.7 Å². The third-order valence-electron chi connectivity index (χ3n) is 4.46. The molecule has 1 atom stereocenters. The number of primary amides is 1. The van der Waals surface area contributed by atoms with Crippen molar-refractivity contribution in [3.05, 3.63) is 48.7 Å². The molecule has 8 nitrogen and oxygen atoms in total. The Morgan fingerprint density at radius 1 is 1.10 bits per heavy atom. The number of amides is 3. The number of nitrogens with zero attached hydrogens (tertiary/aromatic N) is 2. The van der Waals surface area contributed by atoms with Crippen molar-refractivity contribution in [2.24, 2.45) is 11.1 Å². The highest BCUT2D eigenvalue weighted by Gasteiger charge is 2.39. The standard InChI is InChI=1S/C22H28N4O4/c1-22(2,3)20(21(23)29)26(15-9-5-6-10-16(15)30-4)19(28)13-12-18(27)25-17-11-7-8-14-24-17/h5-11,14,20H,12-13H2,1-4H3,(H2,23,29)(H,24,25,27). The number of hydrogen-bond donors (Lipinski definition) is 2. The molecule has 3 amide bonds. The van der Waals surface area contributed by atoms with Gasteiger partial charge in [0.15, 0.2) is 0 Å². The number of aromatic nitrogens is 1. The number of methoxy groups -OCH3 is 1. The van der Waals surface area contributed by atoms with Crippen molar-refractivity contribution in [1.29, 1.82) is 0 Å². The molecule has 0 aliphatic rings. The Morgan fingerprint density at radius 3 is 2.33 bits per heavy atom. The first-order valence-corrected chi connectivity index (χ1v) is 9.60. The van der Waals surface area contributed by atoms with E-state index in [4.69, 9.17) is 10.5 Å². The Morgan fingerprint density at radius 2 is 1.77 bits per heavy atom. The number of carbonyl (C=O) groups is 3. The molecule has 1 unspecified atom stereocenters. The van der Waals surface area contributed by atoms with Crippen molar-refractivity contribution >= 4 is 29.2 Å². The van der Waals surface area contributed by atoms with Crippen LogP contribution in [0, 0.1) is 5.41 Å². The fraction of sp³-hybridized carbons (Fsp3) is 0.364. The molecule has 0 bridgehead atoms. The number of nitrogens with two attached hydrogens (primary N) is 1. The maximum atomic E-state index is 13.2. The number of para-hydroxylation sites is 2. The van der Waals surface area contributed by atoms with E-state index < -0.39 is 23.3 Å². The number of nitrogens with one attached hydrogen (secondary N) is 1. The molecule has 2 rings (SSSR count). The average molecular weight is 412 g/mol. The fourth-order valence-corrected chi connectivity index (χ4v) is 3.17. The van der Waals surface area contributed by atoms with E-state index in [0.29, 0.717) is 17.3 Å². The summed E-state index contributed by atoms with van der Waals surface area (Å²) in [6.45, 7) is 5.48. The summed E-state index contributed by atoms with van der Waals surface area (Å²) in [5.41, 5.74) is 5.47. The van der Waals surface area contributed by atoms with E-state index in [1.54, 1.807) is 48.7 Å². The number of benzene rings is 1. The highest BCUT2D eigenvalue weighted by molar-refractivity contribution is 6.03. The van der Waals surface area contributed by atoms with Crippen LogP contribution in [0.15, 0.2) is 48.7 Å². The zero-order valence-corrected chi connectivity index (χ0v) is 17.7. The summed E-state index contributed by atoms with van der Waals surface area (Å²) in [5, 5.41) is 2.64. The van der Waals surface area contributed by atoms with Crippen molar-refractivity contribution in [1.82, 2.24) is 4.98 Å². The number of rotatable bonds is 8. The van der Waals surface area contributed by atoms with Crippen molar-refractivity contribution in [3.8, 4) is 5.75 Å². The maximum absolute atomic E-state index is 13.2. The number of pyridine rings is 1. The van der Waals surface area contributed by atoms with Gasteiger partial charge in [0, 0.05) is 19.0 Å². The lowest BCUT2D eigenvalue weighted by Crippen LogP contribution is -2.55. The van der Waals surface area contributed by atoms with Crippen LogP contribution in [0.5, 0.6) is 5.75 Å². The summed E-state index contributed by atoms with van der Waals surface area (Å²) >= 11 is 0. The summed E-state index contributed by atoms with van der Waals surface area (Å²) < 4.78 is 5.39. The second-order valence-corrected chi connectivity index (χ2v) is 7.87. The van der Waals surface area contributed by atoms with Crippen LogP contribution in [0.4, 0.5) is 11.5 Å². The van der Waals surface area contributed by atoms with Gasteiger partial charge in [-0.2, -0.15) is 0 Å². The second kappa shape index (κ2) is 9.87. The van der Waals surface area contributed by atoms with Gasteiger partial charge in [-0.25, -0.2) is 4.98 Å². The summed E-state index contributed by atoms with van der Waals surface area (Å²) in [5.74, 6) is -0.567. The summed E-state index contributed by atoms with van der Waals surface area (Å²) in [6.07, 6.45) is 1.37. The molecular formula is C22H28N4O4. The molecule has 3 N–H and O–H groups in total. The molecular weight excluding hydrogens is 384 g/mol. The van der Waals surface area contributed by atoms with Gasteiger partial charge in [-0.3, -0.25) is 19.3 Å². The van der Waals surface area contributed by atoms with E-state index in [1.165, 1.54) is 12.0 Å². The highest BCUT2D eigenvalue weighted by atomic mass is 16.5. The molecule has 1 aromatic carbocycles. The predicted molar refractivity (Wildman–Crippen MR) is 115 cm³/mol. The number of ether oxygens (including phenoxy) is 1. The average Bonchev–Trinajstić information content (AvgIpc) is 2.69. The minimum Gasteiger partial charge on any atom is -0.495 e. The molecule has 0 aliphatic carbocycles. The van der Waals surface area contributed by atoms with Gasteiger partial charge in [0.25, 0.3) is 0 Å². The van der Waals surface area contributed by atoms with Crippen LogP contribution in [-0.4, -0.2) is 35.9 Å². The first-order chi connectivity index (χ1) is 14.1. The van der Waals surface area contributed by atoms with E-state index in [9.17, 15) is 14.4 Å². The van der Waals surface area contributed by atoms with Crippen molar-refractivity contribution < 1.29 is 19.1 Å². The van der Waals surface area contributed by atoms with E-state index >= 15 is 0 Å². The predicted octanol–water partition coefficient (Wildman–Crippen LogP) is 2.74. The topological polar surface area (TPSA) is 115 Å². The van der Waals surface area contributed by atoms with Crippen LogP contribution in [0.3, 0.4) is 0 Å². The Kier molecular flexibility index (Phi) is 7.52. The van der Waals surface area contributed by atoms with Gasteiger partial charge >= 0.3 is 0 Å². The molecule has 0 fully saturated rings. The van der Waals surface area contributed by atoms with Gasteiger partial charge in [-0.1, -0.05) is 39.0 Å². The van der Waals surface area contributed by atoms with Crippen LogP contribution in [0.1, 0.15) is 33.6 Å². The lowest BCUT2D eigenvalue weighted by Gasteiger charge is -2.38. The van der Waals surface area contributed by atoms with Gasteiger partial charge in [-0.15, -0.1) is 0 Å². The van der Waals surface area contributed by atoms with Crippen LogP contribution in [0.25, 0.3) is 0 Å². The lowest BCUT2D eigenvalue weighted by atomic mass is 9.84. The molecule has 0 saturated carbocycles. The zero-order valence-electron chi connectivity index (χ0n) is 17.7. The zero-order chi connectivity index (χ0) is 22.3. The smallest absolute Gasteiger partial charge is 0.241 e. The van der Waals surface area contributed by atoms with Crippen molar-refractivity contribution in [2.45, 2.75) is 39.7 Å². The molecule has 0 saturated heterocycles. The normalized spacial score (nSPS) is 12.0. The van der Waals surface area contributed by atoms with Gasteiger partial charge in [0.1, 0.15) is 17.6 Å². The SMILES string of the molecule is COc1ccccc1N(C(=O)CCC(=O)Nc1ccccn1)C(C(N)=O)C(C)(C)C. The summed E-state index contributed by atoms with van der Waals surface area (Å²) in [7, 11) is 1.48. The van der Waals surface area contributed by atoms with Crippen LogP contribution in [0.2, 0.25) is 0 Å². The van der Waals surface area contributed by atoms with Gasteiger partial charge in [0.05, 0.1) is 12.8 Å². The van der Waals surface area contributed by atoms with Gasteiger partial charge in [0.2, 0.25) is 17.7 Å². The Hall–Kier alpha value is -3.42. The molecule has 2 aromatic rings. The van der Waals surface area contributed by atoms with Crippen LogP contribution in [-0.2, 0) is 14.4 Å². The molecule has 1 heterocycles. The first-order valence-electron chi connectivity index (χ1n) is 9.60. The van der Waals surface area contributed by atoms with Gasteiger partial charge in [-0.05, 0) is 29.7 Å². The lowest BCUT2D eigenvalue weighted by molar-refractivity contribution is -0.127. The maximum Gasteiger partial charge on any atom is 0.241 e. The quantitative estimate of drug-likeness (QED) is 0.692. The first kappa shape index (κ1) is 22.9. The Bertz CT molecular complexity index is 894. The van der Waals surface area contributed by atoms with Crippen molar-refractivity contribution in [2.75, 3.05) is 17.3 Å². The second-order valence-electron chi connectivity index (χ2n) is 7.87. The third-order valence-corrected chi connectivity index (χ3v) is 4.46. The number of anilines is 2. The Labute approximate surface area is 176 Å². The monoisotopic (exact) mass is 412 g/mol. The van der Waals surface area contributed by atoms with E-state index in [2.05, 4.69) is 10.3 Å². The minimum absolute atomic E-state index is 0.0727. The van der Waals surface area contributed by atoms with Crippen LogP contribution < -0.4 is 20.7 Å². The molecule has 0 radical (unpaired) electrons. The number of hydrogen-bond acceptors (Lipinski definition) is 5. The third kappa shape index (κ3) is 5.79. The minimum atomic E-state index is -0.930. The summed E-state index contributed by atoms with van der Waals surface area (Å²) in [6, 6.07) is 11.1. The largest absolute Gasteiger partial charge is 0.495 e. The Balaban J connectivity index is 2.28. The molecule has 30 heavy (non-hydrogen) atoms. The molecule has 0 spiro atoms. The van der Waals surface area contributed by atoms with E-state index in [1.807, 2.05) is 20.8 Å². The molecule has 8 heteroatoms. The van der Waals surface area contributed by atoms with E-state index in [0.717, 1.165) is 0 Å². The number of carbonyl (C=O) groups excluding carboxylic acids is 3. The highest BCUT2D eigenvalue weighted by Crippen LogP contribution is 2.35. The molecule has 0 aliphatic heterocycles. The fourth-order valence-electron chi connectivity index (χ4n) is 3.17. The van der Waals surface area contributed by atoms with Crippen molar-refractivity contribution in [3.63, 3.8) is 0 Å².